The number of morpholine rings is 1. The molecule has 0 bridgehead atoms. The van der Waals surface area contributed by atoms with E-state index in [1.165, 1.54) is 0 Å². The molecule has 2 atom stereocenters. The number of benzene rings is 2. The molecule has 1 fully saturated rings. The summed E-state index contributed by atoms with van der Waals surface area (Å²) in [5.41, 5.74) is 1.64. The number of ether oxygens (including phenoxy) is 1. The van der Waals surface area contributed by atoms with E-state index in [2.05, 4.69) is 4.90 Å². The van der Waals surface area contributed by atoms with Crippen molar-refractivity contribution in [2.45, 2.75) is 12.1 Å². The summed E-state index contributed by atoms with van der Waals surface area (Å²) >= 11 is 0. The van der Waals surface area contributed by atoms with Crippen LogP contribution in [-0.4, -0.2) is 60.7 Å². The second kappa shape index (κ2) is 7.68. The van der Waals surface area contributed by atoms with Crippen LogP contribution in [0.25, 0.3) is 0 Å². The van der Waals surface area contributed by atoms with Crippen LogP contribution in [0.1, 0.15) is 22.0 Å². The second-order valence-corrected chi connectivity index (χ2v) is 6.57. The zero-order valence-corrected chi connectivity index (χ0v) is 14.6. The third kappa shape index (κ3) is 4.00. The van der Waals surface area contributed by atoms with Gasteiger partial charge in [-0.3, -0.25) is 4.79 Å². The highest BCUT2D eigenvalue weighted by atomic mass is 16.5. The maximum atomic E-state index is 13.1. The second-order valence-electron chi connectivity index (χ2n) is 6.57. The Morgan fingerprint density at radius 3 is 2.48 bits per heavy atom. The number of rotatable bonds is 4. The predicted molar refractivity (Wildman–Crippen MR) is 96.6 cm³/mol. The van der Waals surface area contributed by atoms with Gasteiger partial charge in [0.05, 0.1) is 18.8 Å². The first kappa shape index (κ1) is 17.5. The Balaban J connectivity index is 1.94. The number of nitrogens with zero attached hydrogens (tertiary/aromatic N) is 2. The molecule has 5 nitrogen and oxygen atoms in total. The standard InChI is InChI=1S/C20H24N2O3/c1-21(2)14-18-19(15-6-4-3-5-7-15)22(12-13-25-18)20(24)16-8-10-17(23)11-9-16/h3-11,18-19,23H,12-14H2,1-2H3/t18-,19-/m0/s1. The number of amides is 1. The zero-order valence-electron chi connectivity index (χ0n) is 14.6. The van der Waals surface area contributed by atoms with Crippen LogP contribution >= 0.6 is 0 Å². The summed E-state index contributed by atoms with van der Waals surface area (Å²) in [4.78, 5) is 17.1. The minimum Gasteiger partial charge on any atom is -0.508 e. The minimum absolute atomic E-state index is 0.0408. The van der Waals surface area contributed by atoms with Crippen molar-refractivity contribution in [1.29, 1.82) is 0 Å². The smallest absolute Gasteiger partial charge is 0.254 e. The molecule has 2 aromatic carbocycles. The summed E-state index contributed by atoms with van der Waals surface area (Å²) in [6, 6.07) is 16.3. The number of hydrogen-bond acceptors (Lipinski definition) is 4. The number of hydrogen-bond donors (Lipinski definition) is 1. The number of phenolic OH excluding ortho intramolecular Hbond substituents is 1. The number of carbonyl (C=O) groups is 1. The molecule has 1 aliphatic rings. The van der Waals surface area contributed by atoms with Gasteiger partial charge in [-0.05, 0) is 43.9 Å². The molecule has 3 rings (SSSR count). The van der Waals surface area contributed by atoms with Gasteiger partial charge in [-0.1, -0.05) is 30.3 Å². The number of aromatic hydroxyl groups is 1. The molecule has 1 heterocycles. The quantitative estimate of drug-likeness (QED) is 0.929. The highest BCUT2D eigenvalue weighted by molar-refractivity contribution is 5.94. The van der Waals surface area contributed by atoms with E-state index in [9.17, 15) is 9.90 Å². The van der Waals surface area contributed by atoms with E-state index in [1.54, 1.807) is 24.3 Å². The van der Waals surface area contributed by atoms with Gasteiger partial charge >= 0.3 is 0 Å². The summed E-state index contributed by atoms with van der Waals surface area (Å²) in [6.07, 6.45) is -0.0905. The van der Waals surface area contributed by atoms with Gasteiger partial charge in [0, 0.05) is 18.7 Å². The average molecular weight is 340 g/mol. The molecule has 0 radical (unpaired) electrons. The molecule has 0 aliphatic carbocycles. The van der Waals surface area contributed by atoms with E-state index in [4.69, 9.17) is 4.74 Å². The molecule has 1 amide bonds. The first-order chi connectivity index (χ1) is 12.1. The van der Waals surface area contributed by atoms with Crippen LogP contribution in [0.15, 0.2) is 54.6 Å². The van der Waals surface area contributed by atoms with Gasteiger partial charge < -0.3 is 19.6 Å². The van der Waals surface area contributed by atoms with Crippen LogP contribution in [-0.2, 0) is 4.74 Å². The lowest BCUT2D eigenvalue weighted by Crippen LogP contribution is -2.51. The highest BCUT2D eigenvalue weighted by Crippen LogP contribution is 2.31. The van der Waals surface area contributed by atoms with Crippen LogP contribution in [0, 0.1) is 0 Å². The monoisotopic (exact) mass is 340 g/mol. The predicted octanol–water partition coefficient (Wildman–Crippen LogP) is 2.54. The van der Waals surface area contributed by atoms with Gasteiger partial charge in [0.2, 0.25) is 0 Å². The van der Waals surface area contributed by atoms with Crippen LogP contribution < -0.4 is 0 Å². The van der Waals surface area contributed by atoms with Crippen molar-refractivity contribution in [2.75, 3.05) is 33.8 Å². The van der Waals surface area contributed by atoms with Gasteiger partial charge in [-0.15, -0.1) is 0 Å². The van der Waals surface area contributed by atoms with Crippen molar-refractivity contribution in [3.63, 3.8) is 0 Å². The largest absolute Gasteiger partial charge is 0.508 e. The molecule has 1 aliphatic heterocycles. The van der Waals surface area contributed by atoms with Gasteiger partial charge in [0.25, 0.3) is 5.91 Å². The van der Waals surface area contributed by atoms with Crippen molar-refractivity contribution in [3.05, 3.63) is 65.7 Å². The summed E-state index contributed by atoms with van der Waals surface area (Å²) in [5.74, 6) is 0.115. The fourth-order valence-corrected chi connectivity index (χ4v) is 3.29. The fourth-order valence-electron chi connectivity index (χ4n) is 3.29. The van der Waals surface area contributed by atoms with E-state index < -0.39 is 0 Å². The van der Waals surface area contributed by atoms with Crippen LogP contribution in [0.3, 0.4) is 0 Å². The topological polar surface area (TPSA) is 53.0 Å². The highest BCUT2D eigenvalue weighted by Gasteiger charge is 2.36. The maximum absolute atomic E-state index is 13.1. The number of likely N-dealkylation sites (N-methyl/N-ethyl adjacent to an activating group) is 1. The van der Waals surface area contributed by atoms with Gasteiger partial charge in [0.15, 0.2) is 0 Å². The SMILES string of the molecule is CN(C)C[C@@H]1OCCN(C(=O)c2ccc(O)cc2)[C@H]1c1ccccc1. The normalized spacial score (nSPS) is 20.7. The molecule has 0 spiro atoms. The number of carbonyl (C=O) groups excluding carboxylic acids is 1. The van der Waals surface area contributed by atoms with Crippen molar-refractivity contribution in [2.24, 2.45) is 0 Å². The van der Waals surface area contributed by atoms with E-state index >= 15 is 0 Å². The molecule has 1 N–H and O–H groups in total. The average Bonchev–Trinajstić information content (AvgIpc) is 2.62. The molecule has 25 heavy (non-hydrogen) atoms. The van der Waals surface area contributed by atoms with Crippen LogP contribution in [0.5, 0.6) is 5.75 Å². The number of phenols is 1. The van der Waals surface area contributed by atoms with Crippen LogP contribution in [0.4, 0.5) is 0 Å². The van der Waals surface area contributed by atoms with Gasteiger partial charge in [0.1, 0.15) is 5.75 Å². The Bertz CT molecular complexity index is 701. The van der Waals surface area contributed by atoms with E-state index in [-0.39, 0.29) is 23.8 Å². The summed E-state index contributed by atoms with van der Waals surface area (Å²) in [5, 5.41) is 9.47. The Morgan fingerprint density at radius 2 is 1.84 bits per heavy atom. The van der Waals surface area contributed by atoms with Gasteiger partial charge in [-0.2, -0.15) is 0 Å². The van der Waals surface area contributed by atoms with Crippen molar-refractivity contribution in [1.82, 2.24) is 9.80 Å². The summed E-state index contributed by atoms with van der Waals surface area (Å²) in [6.45, 7) is 1.80. The summed E-state index contributed by atoms with van der Waals surface area (Å²) < 4.78 is 6.02. The van der Waals surface area contributed by atoms with E-state index in [1.807, 2.05) is 49.3 Å². The Hall–Kier alpha value is -2.37. The molecule has 0 saturated carbocycles. The lowest BCUT2D eigenvalue weighted by molar-refractivity contribution is -0.0684. The first-order valence-electron chi connectivity index (χ1n) is 8.47. The Labute approximate surface area is 148 Å². The van der Waals surface area contributed by atoms with Gasteiger partial charge in [-0.25, -0.2) is 0 Å². The van der Waals surface area contributed by atoms with Crippen molar-refractivity contribution < 1.29 is 14.6 Å². The Kier molecular flexibility index (Phi) is 5.36. The Morgan fingerprint density at radius 1 is 1.16 bits per heavy atom. The zero-order chi connectivity index (χ0) is 17.8. The fraction of sp³-hybridized carbons (Fsp3) is 0.350. The van der Waals surface area contributed by atoms with Crippen molar-refractivity contribution in [3.8, 4) is 5.75 Å². The maximum Gasteiger partial charge on any atom is 0.254 e. The molecular weight excluding hydrogens is 316 g/mol. The molecule has 2 aromatic rings. The first-order valence-corrected chi connectivity index (χ1v) is 8.47. The molecule has 5 heteroatoms. The van der Waals surface area contributed by atoms with E-state index in [0.717, 1.165) is 12.1 Å². The third-order valence-corrected chi connectivity index (χ3v) is 4.41. The molecule has 0 unspecified atom stereocenters. The third-order valence-electron chi connectivity index (χ3n) is 4.41. The van der Waals surface area contributed by atoms with Crippen LogP contribution in [0.2, 0.25) is 0 Å². The summed E-state index contributed by atoms with van der Waals surface area (Å²) in [7, 11) is 4.01. The lowest BCUT2D eigenvalue weighted by Gasteiger charge is -2.42. The molecule has 0 aromatic heterocycles. The molecule has 132 valence electrons. The lowest BCUT2D eigenvalue weighted by atomic mass is 9.96. The van der Waals surface area contributed by atoms with E-state index in [0.29, 0.717) is 18.7 Å². The van der Waals surface area contributed by atoms with Crippen molar-refractivity contribution >= 4 is 5.91 Å². The molecule has 1 saturated heterocycles. The minimum atomic E-state index is -0.140. The molecular formula is C20H24N2O3.